The molecular formula is C31H28N4O2. The van der Waals surface area contributed by atoms with Crippen molar-refractivity contribution in [1.29, 1.82) is 0 Å². The van der Waals surface area contributed by atoms with Gasteiger partial charge in [-0.1, -0.05) is 66.7 Å². The van der Waals surface area contributed by atoms with Crippen LogP contribution in [0, 0.1) is 0 Å². The third kappa shape index (κ3) is 4.91. The van der Waals surface area contributed by atoms with Crippen molar-refractivity contribution in [3.63, 3.8) is 0 Å². The second-order valence-electron chi connectivity index (χ2n) is 9.32. The van der Waals surface area contributed by atoms with Gasteiger partial charge in [-0.3, -0.25) is 4.79 Å². The molecule has 0 aliphatic carbocycles. The van der Waals surface area contributed by atoms with Crippen molar-refractivity contribution in [2.45, 2.75) is 19.7 Å². The molecule has 0 radical (unpaired) electrons. The van der Waals surface area contributed by atoms with Gasteiger partial charge in [0.15, 0.2) is 0 Å². The van der Waals surface area contributed by atoms with Crippen LogP contribution in [0.3, 0.4) is 0 Å². The molecular weight excluding hydrogens is 460 g/mol. The molecule has 0 saturated heterocycles. The predicted molar refractivity (Wildman–Crippen MR) is 146 cm³/mol. The van der Waals surface area contributed by atoms with Gasteiger partial charge in [-0.15, -0.1) is 0 Å². The Hall–Kier alpha value is -4.58. The van der Waals surface area contributed by atoms with E-state index in [1.807, 2.05) is 71.8 Å². The number of nitrogens with zero attached hydrogens (tertiary/aromatic N) is 3. The van der Waals surface area contributed by atoms with Crippen LogP contribution in [0.2, 0.25) is 0 Å². The molecule has 1 amide bonds. The number of H-pyrrole nitrogens is 1. The van der Waals surface area contributed by atoms with Crippen LogP contribution in [0.25, 0.3) is 10.8 Å². The maximum absolute atomic E-state index is 13.8. The zero-order chi connectivity index (χ0) is 25.0. The Balaban J connectivity index is 1.30. The molecule has 0 bridgehead atoms. The second-order valence-corrected chi connectivity index (χ2v) is 9.32. The first kappa shape index (κ1) is 22.9. The van der Waals surface area contributed by atoms with E-state index < -0.39 is 0 Å². The Morgan fingerprint density at radius 3 is 2.62 bits per heavy atom. The zero-order valence-electron chi connectivity index (χ0n) is 20.5. The number of nitrogens with one attached hydrogen (secondary N) is 1. The van der Waals surface area contributed by atoms with Crippen molar-refractivity contribution in [3.05, 3.63) is 126 Å². The molecule has 184 valence electrons. The first-order valence-electron chi connectivity index (χ1n) is 12.5. The standard InChI is InChI=1S/C31H28N4O2/c36-31(29-12-6-8-24-7-4-5-11-28(24)29)35-16-15-34(20-26-18-32-22-33-26)30-17-23(13-14-25(30)19-35)21-37-27-9-2-1-3-10-27/h1-14,17-18,22H,15-16,19-21H2,(H,32,33). The van der Waals surface area contributed by atoms with E-state index in [9.17, 15) is 4.79 Å². The SMILES string of the molecule is O=C(c1cccc2ccccc12)N1CCN(Cc2cnc[nH]2)c2cc(COc3ccccc3)ccc2C1. The van der Waals surface area contributed by atoms with Crippen LogP contribution in [-0.4, -0.2) is 33.9 Å². The smallest absolute Gasteiger partial charge is 0.254 e. The largest absolute Gasteiger partial charge is 0.489 e. The summed E-state index contributed by atoms with van der Waals surface area (Å²) in [5, 5.41) is 2.06. The number of ether oxygens (including phenoxy) is 1. The minimum Gasteiger partial charge on any atom is -0.489 e. The van der Waals surface area contributed by atoms with Gasteiger partial charge < -0.3 is 19.5 Å². The molecule has 1 aliphatic heterocycles. The summed E-state index contributed by atoms with van der Waals surface area (Å²) in [6, 6.07) is 30.3. The normalized spacial score (nSPS) is 13.3. The lowest BCUT2D eigenvalue weighted by molar-refractivity contribution is 0.0753. The highest BCUT2D eigenvalue weighted by molar-refractivity contribution is 6.07. The Labute approximate surface area is 216 Å². The highest BCUT2D eigenvalue weighted by Crippen LogP contribution is 2.30. The number of aromatic amines is 1. The Morgan fingerprint density at radius 2 is 1.76 bits per heavy atom. The fraction of sp³-hybridized carbons (Fsp3) is 0.161. The molecule has 1 N–H and O–H groups in total. The molecule has 0 atom stereocenters. The third-order valence-corrected chi connectivity index (χ3v) is 6.86. The minimum absolute atomic E-state index is 0.0580. The van der Waals surface area contributed by atoms with Crippen LogP contribution < -0.4 is 9.64 Å². The fourth-order valence-corrected chi connectivity index (χ4v) is 4.95. The first-order chi connectivity index (χ1) is 18.2. The van der Waals surface area contributed by atoms with Crippen LogP contribution in [-0.2, 0) is 19.7 Å². The van der Waals surface area contributed by atoms with Gasteiger partial charge in [0.25, 0.3) is 5.91 Å². The summed E-state index contributed by atoms with van der Waals surface area (Å²) in [5.74, 6) is 0.904. The summed E-state index contributed by atoms with van der Waals surface area (Å²) in [6.07, 6.45) is 3.56. The molecule has 1 aromatic heterocycles. The minimum atomic E-state index is 0.0580. The number of carbonyl (C=O) groups is 1. The molecule has 6 heteroatoms. The van der Waals surface area contributed by atoms with Gasteiger partial charge in [-0.05, 0) is 46.2 Å². The van der Waals surface area contributed by atoms with E-state index in [0.717, 1.165) is 44.6 Å². The fourth-order valence-electron chi connectivity index (χ4n) is 4.95. The van der Waals surface area contributed by atoms with E-state index in [4.69, 9.17) is 4.74 Å². The molecule has 6 rings (SSSR count). The van der Waals surface area contributed by atoms with Gasteiger partial charge in [0, 0.05) is 37.1 Å². The number of hydrogen-bond donors (Lipinski definition) is 1. The van der Waals surface area contributed by atoms with Crippen LogP contribution in [0.5, 0.6) is 5.75 Å². The number of fused-ring (bicyclic) bond motifs is 2. The van der Waals surface area contributed by atoms with Crippen molar-refractivity contribution in [3.8, 4) is 5.75 Å². The summed E-state index contributed by atoms with van der Waals surface area (Å²) in [4.78, 5) is 25.5. The quantitative estimate of drug-likeness (QED) is 0.328. The number of aromatic nitrogens is 2. The number of carbonyl (C=O) groups excluding carboxylic acids is 1. The Morgan fingerprint density at radius 1 is 0.919 bits per heavy atom. The van der Waals surface area contributed by atoms with Gasteiger partial charge in [-0.25, -0.2) is 4.98 Å². The predicted octanol–water partition coefficient (Wildman–Crippen LogP) is 5.80. The number of para-hydroxylation sites is 1. The van der Waals surface area contributed by atoms with Crippen molar-refractivity contribution in [1.82, 2.24) is 14.9 Å². The van der Waals surface area contributed by atoms with Crippen molar-refractivity contribution in [2.75, 3.05) is 18.0 Å². The van der Waals surface area contributed by atoms with E-state index in [2.05, 4.69) is 45.2 Å². The third-order valence-electron chi connectivity index (χ3n) is 6.86. The lowest BCUT2D eigenvalue weighted by Gasteiger charge is -2.25. The van der Waals surface area contributed by atoms with Crippen molar-refractivity contribution in [2.24, 2.45) is 0 Å². The van der Waals surface area contributed by atoms with E-state index in [1.54, 1.807) is 6.33 Å². The summed E-state index contributed by atoms with van der Waals surface area (Å²) < 4.78 is 6.01. The summed E-state index contributed by atoms with van der Waals surface area (Å²) in [7, 11) is 0. The van der Waals surface area contributed by atoms with Crippen LogP contribution >= 0.6 is 0 Å². The Kier molecular flexibility index (Phi) is 6.29. The van der Waals surface area contributed by atoms with E-state index in [0.29, 0.717) is 32.8 Å². The van der Waals surface area contributed by atoms with Gasteiger partial charge in [0.2, 0.25) is 0 Å². The average molecular weight is 489 g/mol. The molecule has 6 nitrogen and oxygen atoms in total. The number of amides is 1. The van der Waals surface area contributed by atoms with Crippen molar-refractivity contribution < 1.29 is 9.53 Å². The lowest BCUT2D eigenvalue weighted by Crippen LogP contribution is -2.35. The monoisotopic (exact) mass is 488 g/mol. The Bertz CT molecular complexity index is 1510. The zero-order valence-corrected chi connectivity index (χ0v) is 20.5. The van der Waals surface area contributed by atoms with Gasteiger partial charge in [0.1, 0.15) is 12.4 Å². The molecule has 5 aromatic rings. The number of rotatable bonds is 6. The first-order valence-corrected chi connectivity index (χ1v) is 12.5. The van der Waals surface area contributed by atoms with Gasteiger partial charge in [0.05, 0.1) is 18.6 Å². The highest BCUT2D eigenvalue weighted by atomic mass is 16.5. The van der Waals surface area contributed by atoms with Gasteiger partial charge in [-0.2, -0.15) is 0 Å². The number of hydrogen-bond acceptors (Lipinski definition) is 4. The number of anilines is 1. The van der Waals surface area contributed by atoms with Crippen molar-refractivity contribution >= 4 is 22.4 Å². The van der Waals surface area contributed by atoms with Gasteiger partial charge >= 0.3 is 0 Å². The lowest BCUT2D eigenvalue weighted by atomic mass is 10.0. The van der Waals surface area contributed by atoms with E-state index >= 15 is 0 Å². The molecule has 0 spiro atoms. The maximum atomic E-state index is 13.8. The highest BCUT2D eigenvalue weighted by Gasteiger charge is 2.25. The summed E-state index contributed by atoms with van der Waals surface area (Å²) in [6.45, 7) is 3.06. The second kappa shape index (κ2) is 10.2. The molecule has 1 aliphatic rings. The van der Waals surface area contributed by atoms with E-state index in [1.165, 1.54) is 0 Å². The maximum Gasteiger partial charge on any atom is 0.254 e. The van der Waals surface area contributed by atoms with Crippen LogP contribution in [0.15, 0.2) is 104 Å². The molecule has 0 saturated carbocycles. The summed E-state index contributed by atoms with van der Waals surface area (Å²) in [5.41, 5.74) is 5.11. The van der Waals surface area contributed by atoms with Crippen LogP contribution in [0.4, 0.5) is 5.69 Å². The summed E-state index contributed by atoms with van der Waals surface area (Å²) >= 11 is 0. The molecule has 2 heterocycles. The number of imidazole rings is 1. The molecule has 0 fully saturated rings. The molecule has 0 unspecified atom stereocenters. The number of benzene rings is 4. The average Bonchev–Trinajstić information content (AvgIpc) is 3.40. The van der Waals surface area contributed by atoms with E-state index in [-0.39, 0.29) is 5.91 Å². The molecule has 37 heavy (non-hydrogen) atoms. The van der Waals surface area contributed by atoms with Crippen LogP contribution in [0.1, 0.15) is 27.2 Å². The topological polar surface area (TPSA) is 61.5 Å². The molecule has 4 aromatic carbocycles.